The first-order valence-electron chi connectivity index (χ1n) is 11.7. The van der Waals surface area contributed by atoms with E-state index in [-0.39, 0.29) is 42.6 Å². The van der Waals surface area contributed by atoms with E-state index in [0.717, 1.165) is 16.0 Å². The number of Topliss-reactive ketones (excluding diaryl/α,β-unsaturated/α-hetero) is 1. The number of aromatic hydroxyl groups is 1. The van der Waals surface area contributed by atoms with Crippen molar-refractivity contribution in [2.75, 3.05) is 6.54 Å². The molecule has 1 aromatic rings. The van der Waals surface area contributed by atoms with Crippen molar-refractivity contribution in [2.45, 2.75) is 39.0 Å². The second kappa shape index (κ2) is 8.15. The Morgan fingerprint density at radius 3 is 2.51 bits per heavy atom. The number of phenolic OH excluding ortho intramolecular Hbond substituents is 1. The monoisotopic (exact) mass is 475 g/mol. The highest BCUT2D eigenvalue weighted by Gasteiger charge is 2.56. The predicted octanol–water partition coefficient (Wildman–Crippen LogP) is 2.60. The number of imide groups is 1. The number of benzene rings is 1. The van der Waals surface area contributed by atoms with Gasteiger partial charge in [0.25, 0.3) is 0 Å². The van der Waals surface area contributed by atoms with Crippen molar-refractivity contribution in [3.63, 3.8) is 0 Å². The highest BCUT2D eigenvalue weighted by atomic mass is 16.4. The van der Waals surface area contributed by atoms with Gasteiger partial charge in [-0.1, -0.05) is 23.8 Å². The molecule has 1 heterocycles. The van der Waals surface area contributed by atoms with Gasteiger partial charge in [-0.3, -0.25) is 28.9 Å². The molecule has 35 heavy (non-hydrogen) atoms. The molecule has 0 saturated carbocycles. The average Bonchev–Trinajstić information content (AvgIpc) is 3.06. The minimum absolute atomic E-state index is 0.112. The zero-order valence-electron chi connectivity index (χ0n) is 19.4. The Balaban J connectivity index is 1.63. The number of ketones is 2. The van der Waals surface area contributed by atoms with Gasteiger partial charge in [0.1, 0.15) is 5.75 Å². The van der Waals surface area contributed by atoms with Gasteiger partial charge in [-0.15, -0.1) is 0 Å². The van der Waals surface area contributed by atoms with Crippen molar-refractivity contribution in [1.82, 2.24) is 4.90 Å². The summed E-state index contributed by atoms with van der Waals surface area (Å²) >= 11 is 0. The number of hydrogen-bond acceptors (Lipinski definition) is 6. The minimum Gasteiger partial charge on any atom is -0.508 e. The van der Waals surface area contributed by atoms with Crippen LogP contribution in [0.1, 0.15) is 43.2 Å². The van der Waals surface area contributed by atoms with Crippen molar-refractivity contribution in [3.8, 4) is 5.75 Å². The summed E-state index contributed by atoms with van der Waals surface area (Å²) < 4.78 is 0. The number of rotatable bonds is 4. The fraction of sp³-hybridized carbons (Fsp3) is 0.370. The summed E-state index contributed by atoms with van der Waals surface area (Å²) in [6.45, 7) is 3.17. The molecule has 0 radical (unpaired) electrons. The second-order valence-electron chi connectivity index (χ2n) is 9.75. The van der Waals surface area contributed by atoms with E-state index in [9.17, 15) is 29.1 Å². The SMILES string of the molecule is CC1=CC(=O)C2=C(C1=O)[C@@H](c1ccc(O)c(C)c1)C1=CC[C@@H]3C(=O)N(CCC(=O)O)C(=O)[C@@H]3[C@@H]1C2. The number of hydrogen-bond donors (Lipinski definition) is 2. The van der Waals surface area contributed by atoms with Crippen LogP contribution in [0.15, 0.2) is 52.6 Å². The Morgan fingerprint density at radius 2 is 1.83 bits per heavy atom. The number of aryl methyl sites for hydroxylation is 1. The molecule has 0 bridgehead atoms. The summed E-state index contributed by atoms with van der Waals surface area (Å²) in [5.74, 6) is -4.60. The molecule has 8 heteroatoms. The third-order valence-electron chi connectivity index (χ3n) is 7.76. The number of phenols is 1. The number of amides is 2. The Labute approximate surface area is 201 Å². The first-order chi connectivity index (χ1) is 16.6. The van der Waals surface area contributed by atoms with Crippen LogP contribution < -0.4 is 0 Å². The Kier molecular flexibility index (Phi) is 5.34. The van der Waals surface area contributed by atoms with Crippen LogP contribution in [0, 0.1) is 24.7 Å². The van der Waals surface area contributed by atoms with Crippen LogP contribution in [0.5, 0.6) is 5.75 Å². The molecule has 2 amide bonds. The number of nitrogens with zero attached hydrogens (tertiary/aromatic N) is 1. The van der Waals surface area contributed by atoms with E-state index in [4.69, 9.17) is 5.11 Å². The van der Waals surface area contributed by atoms with Crippen LogP contribution in [-0.2, 0) is 24.0 Å². The van der Waals surface area contributed by atoms with E-state index in [2.05, 4.69) is 0 Å². The number of allylic oxidation sites excluding steroid dienone is 6. The van der Waals surface area contributed by atoms with Gasteiger partial charge in [0.2, 0.25) is 11.8 Å². The standard InChI is InChI=1S/C27H25NO7/c1-12-9-14(3-6-19(12)29)22-15-4-5-16-23(27(35)28(26(16)34)8-7-21(31)32)17(15)11-18-20(30)10-13(2)25(33)24(18)22/h3-4,6,9-10,16-17,22-23,29H,5,7-8,11H2,1-2H3,(H,31,32)/t16-,17+,22-,23-/m0/s1. The number of likely N-dealkylation sites (tertiary alicyclic amines) is 1. The maximum atomic E-state index is 13.4. The van der Waals surface area contributed by atoms with Gasteiger partial charge in [-0.25, -0.2) is 0 Å². The lowest BCUT2D eigenvalue weighted by Gasteiger charge is -2.42. The summed E-state index contributed by atoms with van der Waals surface area (Å²) in [7, 11) is 0. The Hall–Kier alpha value is -3.81. The molecular weight excluding hydrogens is 450 g/mol. The molecule has 4 atom stereocenters. The van der Waals surface area contributed by atoms with E-state index in [1.165, 1.54) is 6.08 Å². The number of carbonyl (C=O) groups is 5. The molecule has 0 unspecified atom stereocenters. The summed E-state index contributed by atoms with van der Waals surface area (Å²) in [4.78, 5) is 64.9. The highest BCUT2D eigenvalue weighted by molar-refractivity contribution is 6.23. The van der Waals surface area contributed by atoms with E-state index in [1.54, 1.807) is 32.0 Å². The molecule has 3 aliphatic carbocycles. The molecule has 1 saturated heterocycles. The molecular formula is C27H25NO7. The van der Waals surface area contributed by atoms with E-state index in [0.29, 0.717) is 28.7 Å². The molecule has 1 fully saturated rings. The van der Waals surface area contributed by atoms with Crippen LogP contribution in [-0.4, -0.2) is 51.0 Å². The second-order valence-corrected chi connectivity index (χ2v) is 9.75. The van der Waals surface area contributed by atoms with Gasteiger partial charge in [0.05, 0.1) is 18.3 Å². The van der Waals surface area contributed by atoms with Gasteiger partial charge in [0, 0.05) is 29.2 Å². The minimum atomic E-state index is -1.09. The molecule has 2 N–H and O–H groups in total. The highest BCUT2D eigenvalue weighted by Crippen LogP contribution is 2.55. The van der Waals surface area contributed by atoms with E-state index in [1.807, 2.05) is 6.08 Å². The van der Waals surface area contributed by atoms with Gasteiger partial charge >= 0.3 is 5.97 Å². The average molecular weight is 475 g/mol. The molecule has 1 aromatic carbocycles. The molecule has 5 rings (SSSR count). The lowest BCUT2D eigenvalue weighted by molar-refractivity contribution is -0.142. The fourth-order valence-corrected chi connectivity index (χ4v) is 6.09. The molecule has 1 aliphatic heterocycles. The third-order valence-corrected chi connectivity index (χ3v) is 7.76. The van der Waals surface area contributed by atoms with Gasteiger partial charge in [-0.2, -0.15) is 0 Å². The van der Waals surface area contributed by atoms with Crippen molar-refractivity contribution < 1.29 is 34.2 Å². The normalized spacial score (nSPS) is 27.9. The molecule has 8 nitrogen and oxygen atoms in total. The number of carboxylic acid groups (broad SMARTS) is 1. The number of fused-ring (bicyclic) bond motifs is 3. The summed E-state index contributed by atoms with van der Waals surface area (Å²) in [6.07, 6.45) is 3.40. The summed E-state index contributed by atoms with van der Waals surface area (Å²) in [6, 6.07) is 5.06. The first-order valence-corrected chi connectivity index (χ1v) is 11.7. The first kappa shape index (κ1) is 23.0. The van der Waals surface area contributed by atoms with Crippen LogP contribution in [0.25, 0.3) is 0 Å². The lowest BCUT2D eigenvalue weighted by Crippen LogP contribution is -2.40. The predicted molar refractivity (Wildman–Crippen MR) is 123 cm³/mol. The smallest absolute Gasteiger partial charge is 0.305 e. The molecule has 0 aromatic heterocycles. The van der Waals surface area contributed by atoms with Crippen LogP contribution in [0.2, 0.25) is 0 Å². The van der Waals surface area contributed by atoms with Crippen molar-refractivity contribution in [1.29, 1.82) is 0 Å². The largest absolute Gasteiger partial charge is 0.508 e. The van der Waals surface area contributed by atoms with Crippen molar-refractivity contribution in [2.24, 2.45) is 17.8 Å². The van der Waals surface area contributed by atoms with Gasteiger partial charge < -0.3 is 10.2 Å². The van der Waals surface area contributed by atoms with Gasteiger partial charge in [-0.05, 0) is 55.9 Å². The maximum absolute atomic E-state index is 13.4. The Morgan fingerprint density at radius 1 is 1.09 bits per heavy atom. The topological polar surface area (TPSA) is 129 Å². The number of aliphatic carboxylic acids is 1. The molecule has 180 valence electrons. The van der Waals surface area contributed by atoms with Crippen molar-refractivity contribution in [3.05, 3.63) is 63.8 Å². The molecule has 4 aliphatic rings. The zero-order valence-corrected chi connectivity index (χ0v) is 19.4. The van der Waals surface area contributed by atoms with Gasteiger partial charge in [0.15, 0.2) is 11.6 Å². The number of carboxylic acids is 1. The lowest BCUT2D eigenvalue weighted by atomic mass is 9.59. The Bertz CT molecular complexity index is 1310. The summed E-state index contributed by atoms with van der Waals surface area (Å²) in [5, 5.41) is 19.1. The summed E-state index contributed by atoms with van der Waals surface area (Å²) in [5.41, 5.74) is 3.30. The molecule has 0 spiro atoms. The number of carbonyl (C=O) groups excluding carboxylic acids is 4. The maximum Gasteiger partial charge on any atom is 0.305 e. The van der Waals surface area contributed by atoms with Crippen LogP contribution in [0.4, 0.5) is 0 Å². The van der Waals surface area contributed by atoms with Crippen LogP contribution in [0.3, 0.4) is 0 Å². The zero-order chi connectivity index (χ0) is 25.2. The van der Waals surface area contributed by atoms with E-state index >= 15 is 0 Å². The van der Waals surface area contributed by atoms with Crippen molar-refractivity contribution >= 4 is 29.4 Å². The quantitative estimate of drug-likeness (QED) is 0.389. The van der Waals surface area contributed by atoms with Crippen LogP contribution >= 0.6 is 0 Å². The van der Waals surface area contributed by atoms with E-state index < -0.39 is 35.5 Å². The fourth-order valence-electron chi connectivity index (χ4n) is 6.09. The third kappa shape index (κ3) is 3.47.